The first-order chi connectivity index (χ1) is 23.1. The van der Waals surface area contributed by atoms with Gasteiger partial charge in [-0.15, -0.1) is 0 Å². The number of fused-ring (bicyclic) bond motifs is 2. The van der Waals surface area contributed by atoms with Crippen molar-refractivity contribution in [1.82, 2.24) is 40.1 Å². The molecule has 258 valence electrons. The van der Waals surface area contributed by atoms with Crippen molar-refractivity contribution in [2.75, 3.05) is 61.0 Å². The Morgan fingerprint density at radius 1 is 0.875 bits per heavy atom. The van der Waals surface area contributed by atoms with Crippen LogP contribution < -0.4 is 26.6 Å². The van der Waals surface area contributed by atoms with E-state index in [1.54, 1.807) is 7.05 Å². The third-order valence-electron chi connectivity index (χ3n) is 9.63. The number of anilines is 4. The van der Waals surface area contributed by atoms with Crippen LogP contribution in [-0.4, -0.2) is 110 Å². The maximum absolute atomic E-state index is 14.9. The second kappa shape index (κ2) is 14.2. The molecular formula is C34H49FN12O. The number of β-amino-alcohol motifs (C(OH)–C–C–N with tert-alkyl or cyclic N) is 1. The van der Waals surface area contributed by atoms with Crippen molar-refractivity contribution in [2.24, 2.45) is 0 Å². The molecule has 2 aliphatic rings. The molecule has 1 saturated heterocycles. The lowest BCUT2D eigenvalue weighted by Gasteiger charge is -2.22. The smallest absolute Gasteiger partial charge is 0.227 e. The van der Waals surface area contributed by atoms with Gasteiger partial charge in [0, 0.05) is 50.2 Å². The fraction of sp³-hybridized carbons (Fsp3) is 0.588. The van der Waals surface area contributed by atoms with E-state index in [0.717, 1.165) is 45.4 Å². The van der Waals surface area contributed by atoms with Gasteiger partial charge in [-0.25, -0.2) is 14.4 Å². The van der Waals surface area contributed by atoms with Crippen molar-refractivity contribution in [2.45, 2.75) is 91.2 Å². The molecule has 13 nitrogen and oxygen atoms in total. The first-order valence-electron chi connectivity index (χ1n) is 17.1. The zero-order valence-corrected chi connectivity index (χ0v) is 29.1. The van der Waals surface area contributed by atoms with Gasteiger partial charge in [0.2, 0.25) is 11.9 Å². The summed E-state index contributed by atoms with van der Waals surface area (Å²) in [6.07, 6.45) is 1.38. The van der Waals surface area contributed by atoms with Crippen LogP contribution in [0.15, 0.2) is 6.07 Å². The number of likely N-dealkylation sites (tertiary alicyclic amines) is 1. The summed E-state index contributed by atoms with van der Waals surface area (Å²) in [6.45, 7) is 14.7. The van der Waals surface area contributed by atoms with Crippen LogP contribution >= 0.6 is 0 Å². The van der Waals surface area contributed by atoms with Gasteiger partial charge in [-0.1, -0.05) is 6.92 Å². The largest absolute Gasteiger partial charge is 0.390 e. The summed E-state index contributed by atoms with van der Waals surface area (Å²) in [7, 11) is 1.74. The number of hydrogen-bond acceptors (Lipinski definition) is 13. The maximum Gasteiger partial charge on any atom is 0.227 e. The Balaban J connectivity index is 1.23. The van der Waals surface area contributed by atoms with E-state index in [0.29, 0.717) is 66.9 Å². The van der Waals surface area contributed by atoms with Gasteiger partial charge >= 0.3 is 0 Å². The number of aliphatic hydroxyl groups is 1. The fourth-order valence-corrected chi connectivity index (χ4v) is 6.61. The lowest BCUT2D eigenvalue weighted by atomic mass is 10.1. The first kappa shape index (κ1) is 33.9. The highest BCUT2D eigenvalue weighted by atomic mass is 19.1. The average Bonchev–Trinajstić information content (AvgIpc) is 3.83. The Morgan fingerprint density at radius 2 is 1.54 bits per heavy atom. The molecule has 4 aromatic heterocycles. The molecule has 0 amide bonds. The molecule has 48 heavy (non-hydrogen) atoms. The van der Waals surface area contributed by atoms with E-state index >= 15 is 0 Å². The first-order valence-corrected chi connectivity index (χ1v) is 17.1. The molecule has 0 spiro atoms. The van der Waals surface area contributed by atoms with Gasteiger partial charge in [-0.05, 0) is 83.7 Å². The van der Waals surface area contributed by atoms with E-state index in [9.17, 15) is 9.50 Å². The molecule has 6 rings (SSSR count). The number of aliphatic hydroxyl groups excluding tert-OH is 1. The lowest BCUT2D eigenvalue weighted by Crippen LogP contribution is -2.37. The monoisotopic (exact) mass is 660 g/mol. The summed E-state index contributed by atoms with van der Waals surface area (Å²) in [5, 5.41) is 29.0. The van der Waals surface area contributed by atoms with Crippen LogP contribution in [-0.2, 0) is 0 Å². The minimum absolute atomic E-state index is 0.153. The van der Waals surface area contributed by atoms with Crippen molar-refractivity contribution in [3.05, 3.63) is 34.1 Å². The number of nitrogens with zero attached hydrogens (tertiary/aromatic N) is 7. The number of alkyl halides is 1. The van der Waals surface area contributed by atoms with Crippen LogP contribution in [0.3, 0.4) is 0 Å². The van der Waals surface area contributed by atoms with Gasteiger partial charge in [0.1, 0.15) is 17.8 Å². The van der Waals surface area contributed by atoms with E-state index in [4.69, 9.17) is 29.9 Å². The average molecular weight is 661 g/mol. The van der Waals surface area contributed by atoms with Gasteiger partial charge < -0.3 is 31.7 Å². The van der Waals surface area contributed by atoms with Crippen LogP contribution in [0.2, 0.25) is 0 Å². The van der Waals surface area contributed by atoms with Crippen molar-refractivity contribution < 1.29 is 9.50 Å². The Kier molecular flexibility index (Phi) is 10.0. The highest BCUT2D eigenvalue weighted by Crippen LogP contribution is 2.32. The third-order valence-corrected chi connectivity index (χ3v) is 9.63. The standard InChI is InChI=1S/C34H49FN12O/c1-8-24(23(35)14-36-7)41-33-44-30(28-20(5)19(4)21(6)40-32(28)46-33)38-12-11-37-29-27-17(2)13-18(3)39-31(27)45-34(43-29)42-25-15-47(16-26(25)48)22-9-10-22/h13,22-26,36,48H,8-12,14-16H2,1-7H3,(H2,37,39,42,43,45)(H2,38,40,41,44,46)/t23?,24?,25-,26-/m0/s1. The van der Waals surface area contributed by atoms with Crippen LogP contribution in [0.1, 0.15) is 54.3 Å². The van der Waals surface area contributed by atoms with Gasteiger partial charge in [0.05, 0.1) is 29.0 Å². The molecule has 6 N–H and O–H groups in total. The van der Waals surface area contributed by atoms with E-state index < -0.39 is 18.3 Å². The molecule has 1 aliphatic carbocycles. The summed E-state index contributed by atoms with van der Waals surface area (Å²) in [5.74, 6) is 2.08. The predicted octanol–water partition coefficient (Wildman–Crippen LogP) is 3.80. The van der Waals surface area contributed by atoms with Crippen molar-refractivity contribution in [1.29, 1.82) is 0 Å². The summed E-state index contributed by atoms with van der Waals surface area (Å²) in [6, 6.07) is 2.01. The fourth-order valence-electron chi connectivity index (χ4n) is 6.61. The minimum atomic E-state index is -1.10. The Hall–Kier alpha value is -4.01. The maximum atomic E-state index is 14.9. The highest BCUT2D eigenvalue weighted by Gasteiger charge is 2.39. The molecule has 0 aromatic carbocycles. The zero-order chi connectivity index (χ0) is 34.1. The molecule has 5 heterocycles. The summed E-state index contributed by atoms with van der Waals surface area (Å²) >= 11 is 0. The van der Waals surface area contributed by atoms with Gasteiger partial charge in [-0.3, -0.25) is 4.90 Å². The zero-order valence-electron chi connectivity index (χ0n) is 29.1. The van der Waals surface area contributed by atoms with E-state index in [-0.39, 0.29) is 12.6 Å². The van der Waals surface area contributed by atoms with E-state index in [1.165, 1.54) is 12.8 Å². The molecule has 1 saturated carbocycles. The third kappa shape index (κ3) is 7.20. The second-order valence-corrected chi connectivity index (χ2v) is 13.3. The van der Waals surface area contributed by atoms with Crippen LogP contribution in [0, 0.1) is 34.6 Å². The van der Waals surface area contributed by atoms with E-state index in [1.807, 2.05) is 40.7 Å². The van der Waals surface area contributed by atoms with Gasteiger partial charge in [0.25, 0.3) is 0 Å². The van der Waals surface area contributed by atoms with Crippen LogP contribution in [0.5, 0.6) is 0 Å². The van der Waals surface area contributed by atoms with Crippen molar-refractivity contribution in [3.8, 4) is 0 Å². The number of pyridine rings is 2. The molecule has 1 aliphatic heterocycles. The SMILES string of the molecule is CCC(Nc1nc(NCCNc2nc(N[C@H]3CN(C4CC4)C[C@@H]3O)nc3nc(C)cc(C)c23)c2c(C)c(C)c(C)nc2n1)C(F)CNC. The Bertz CT molecular complexity index is 1780. The lowest BCUT2D eigenvalue weighted by molar-refractivity contribution is 0.167. The summed E-state index contributed by atoms with van der Waals surface area (Å²) < 4.78 is 14.9. The van der Waals surface area contributed by atoms with Crippen LogP contribution in [0.4, 0.5) is 27.9 Å². The number of aromatic nitrogens is 6. The van der Waals surface area contributed by atoms with Crippen molar-refractivity contribution >= 4 is 45.6 Å². The molecular weight excluding hydrogens is 611 g/mol. The second-order valence-electron chi connectivity index (χ2n) is 13.3. The normalized spacial score (nSPS) is 19.5. The molecule has 2 fully saturated rings. The van der Waals surface area contributed by atoms with Gasteiger partial charge in [0.15, 0.2) is 11.3 Å². The number of aryl methyl sites for hydroxylation is 4. The van der Waals surface area contributed by atoms with Crippen LogP contribution in [0.25, 0.3) is 22.1 Å². The minimum Gasteiger partial charge on any atom is -0.390 e. The summed E-state index contributed by atoms with van der Waals surface area (Å²) in [4.78, 5) is 31.0. The van der Waals surface area contributed by atoms with E-state index in [2.05, 4.69) is 38.4 Å². The highest BCUT2D eigenvalue weighted by molar-refractivity contribution is 5.92. The summed E-state index contributed by atoms with van der Waals surface area (Å²) in [5.41, 5.74) is 6.10. The molecule has 0 radical (unpaired) electrons. The number of rotatable bonds is 14. The predicted molar refractivity (Wildman–Crippen MR) is 190 cm³/mol. The quantitative estimate of drug-likeness (QED) is 0.109. The van der Waals surface area contributed by atoms with Gasteiger partial charge in [-0.2, -0.15) is 19.9 Å². The number of hydrogen-bond donors (Lipinski definition) is 6. The molecule has 4 atom stereocenters. The molecule has 0 bridgehead atoms. The molecule has 14 heteroatoms. The van der Waals surface area contributed by atoms with Crippen molar-refractivity contribution in [3.63, 3.8) is 0 Å². The number of nitrogens with one attached hydrogen (secondary N) is 5. The molecule has 4 aromatic rings. The topological polar surface area (TPSA) is 161 Å². The Morgan fingerprint density at radius 3 is 2.23 bits per heavy atom. The molecule has 2 unspecified atom stereocenters. The number of halogens is 1. The Labute approximate surface area is 281 Å².